The topological polar surface area (TPSA) is 75.7 Å². The number of imide groups is 1. The standard InChI is InChI=1S/C43H36Cl2N2O4/c1-41(2,3)27-17-21-29(22-18-27)51-30-23-19-28(20-24-30)46-38(48)35(25-26-11-5-4-6-12-26)47-39(49)36-37(40(47)50)43(45)32-14-8-7-13-31(32)42(36,44)33-15-9-10-16-34(33)43/h4-24,35-37H,25H2,1-3H3,(H,46,48)/t35-,36-,37+,42?,43?/m1/s1. The summed E-state index contributed by atoms with van der Waals surface area (Å²) in [7, 11) is 0. The van der Waals surface area contributed by atoms with Crippen molar-refractivity contribution in [3.63, 3.8) is 0 Å². The number of ether oxygens (including phenoxy) is 1. The summed E-state index contributed by atoms with van der Waals surface area (Å²) in [5.41, 5.74) is 5.37. The van der Waals surface area contributed by atoms with Crippen LogP contribution in [0.25, 0.3) is 0 Å². The molecule has 1 saturated heterocycles. The van der Waals surface area contributed by atoms with Gasteiger partial charge in [0.2, 0.25) is 17.7 Å². The average molecular weight is 716 g/mol. The van der Waals surface area contributed by atoms with Gasteiger partial charge in [0.1, 0.15) is 27.3 Å². The number of alkyl halides is 2. The minimum absolute atomic E-state index is 0.0332. The molecule has 1 N–H and O–H groups in total. The lowest BCUT2D eigenvalue weighted by Crippen LogP contribution is -2.57. The molecule has 6 nitrogen and oxygen atoms in total. The highest BCUT2D eigenvalue weighted by molar-refractivity contribution is 6.36. The zero-order valence-corrected chi connectivity index (χ0v) is 29.9. The van der Waals surface area contributed by atoms with Gasteiger partial charge in [-0.3, -0.25) is 19.3 Å². The van der Waals surface area contributed by atoms with Crippen molar-refractivity contribution in [2.75, 3.05) is 5.32 Å². The van der Waals surface area contributed by atoms with E-state index in [0.29, 0.717) is 39.4 Å². The molecule has 0 radical (unpaired) electrons. The fourth-order valence-corrected chi connectivity index (χ4v) is 9.22. The Kier molecular flexibility index (Phi) is 7.89. The van der Waals surface area contributed by atoms with Crippen LogP contribution in [0.15, 0.2) is 127 Å². The van der Waals surface area contributed by atoms with E-state index in [9.17, 15) is 14.4 Å². The van der Waals surface area contributed by atoms with Crippen LogP contribution in [0.3, 0.4) is 0 Å². The van der Waals surface area contributed by atoms with Crippen LogP contribution in [0.4, 0.5) is 5.69 Å². The summed E-state index contributed by atoms with van der Waals surface area (Å²) < 4.78 is 6.06. The molecule has 1 aliphatic heterocycles. The highest BCUT2D eigenvalue weighted by atomic mass is 35.5. The monoisotopic (exact) mass is 714 g/mol. The van der Waals surface area contributed by atoms with E-state index in [0.717, 1.165) is 10.5 Å². The van der Waals surface area contributed by atoms with Crippen molar-refractivity contribution in [1.29, 1.82) is 0 Å². The molecule has 0 saturated carbocycles. The van der Waals surface area contributed by atoms with Gasteiger partial charge in [0.05, 0.1) is 11.8 Å². The lowest BCUT2D eigenvalue weighted by Gasteiger charge is -2.54. The number of nitrogens with zero attached hydrogens (tertiary/aromatic N) is 1. The van der Waals surface area contributed by atoms with Gasteiger partial charge in [0.15, 0.2) is 0 Å². The molecule has 256 valence electrons. The molecule has 3 atom stereocenters. The van der Waals surface area contributed by atoms with Gasteiger partial charge in [-0.15, -0.1) is 23.2 Å². The van der Waals surface area contributed by atoms with E-state index < -0.39 is 45.3 Å². The fraction of sp³-hybridized carbons (Fsp3) is 0.233. The second-order valence-corrected chi connectivity index (χ2v) is 15.8. The van der Waals surface area contributed by atoms with E-state index in [4.69, 9.17) is 27.9 Å². The van der Waals surface area contributed by atoms with Crippen LogP contribution in [0.5, 0.6) is 11.5 Å². The number of nitrogens with one attached hydrogen (secondary N) is 1. The Bertz CT molecular complexity index is 2060. The van der Waals surface area contributed by atoms with Crippen LogP contribution in [0, 0.1) is 11.8 Å². The smallest absolute Gasteiger partial charge is 0.248 e. The van der Waals surface area contributed by atoms with Gasteiger partial charge < -0.3 is 10.1 Å². The van der Waals surface area contributed by atoms with Crippen LogP contribution in [-0.4, -0.2) is 28.7 Å². The first-order chi connectivity index (χ1) is 24.4. The SMILES string of the molecule is CC(C)(C)c1ccc(Oc2ccc(NC(=O)[C@@H](Cc3ccccc3)N3C(=O)[C@@H]4[C@H](C3=O)C3(Cl)c5ccccc5C4(Cl)c4ccccc43)cc2)cc1. The number of carbonyl (C=O) groups excluding carboxylic acids is 3. The molecule has 0 spiro atoms. The van der Waals surface area contributed by atoms with Gasteiger partial charge >= 0.3 is 0 Å². The molecule has 0 unspecified atom stereocenters. The Morgan fingerprint density at radius 1 is 0.686 bits per heavy atom. The quantitative estimate of drug-likeness (QED) is 0.135. The third-order valence-corrected chi connectivity index (χ3v) is 11.9. The van der Waals surface area contributed by atoms with Gasteiger partial charge in [-0.05, 0) is 75.2 Å². The van der Waals surface area contributed by atoms with Gasteiger partial charge in [-0.2, -0.15) is 0 Å². The minimum Gasteiger partial charge on any atom is -0.457 e. The number of halogens is 2. The van der Waals surface area contributed by atoms with Gasteiger partial charge in [0.25, 0.3) is 0 Å². The molecule has 1 heterocycles. The van der Waals surface area contributed by atoms with Crippen molar-refractivity contribution in [2.45, 2.75) is 48.4 Å². The van der Waals surface area contributed by atoms with E-state index in [1.165, 1.54) is 5.56 Å². The Morgan fingerprint density at radius 3 is 1.57 bits per heavy atom. The van der Waals surface area contributed by atoms with Crippen LogP contribution < -0.4 is 10.1 Å². The lowest BCUT2D eigenvalue weighted by molar-refractivity contribution is -0.146. The summed E-state index contributed by atoms with van der Waals surface area (Å²) >= 11 is 15.3. The zero-order valence-electron chi connectivity index (χ0n) is 28.4. The Morgan fingerprint density at radius 2 is 1.12 bits per heavy atom. The van der Waals surface area contributed by atoms with Crippen molar-refractivity contribution in [3.05, 3.63) is 161 Å². The molecule has 5 aromatic carbocycles. The maximum atomic E-state index is 14.8. The van der Waals surface area contributed by atoms with E-state index in [-0.39, 0.29) is 11.8 Å². The average Bonchev–Trinajstić information content (AvgIpc) is 3.41. The molecule has 9 rings (SSSR count). The Hall–Kier alpha value is -4.91. The number of rotatable bonds is 7. The minimum atomic E-state index is -1.34. The van der Waals surface area contributed by atoms with Gasteiger partial charge in [-0.1, -0.05) is 112 Å². The van der Waals surface area contributed by atoms with Crippen molar-refractivity contribution < 1.29 is 19.1 Å². The van der Waals surface area contributed by atoms with E-state index in [1.807, 2.05) is 91.0 Å². The third-order valence-electron chi connectivity index (χ3n) is 10.6. The predicted octanol–water partition coefficient (Wildman–Crippen LogP) is 8.92. The number of anilines is 1. The second kappa shape index (κ2) is 12.1. The number of hydrogen-bond donors (Lipinski definition) is 1. The summed E-state index contributed by atoms with van der Waals surface area (Å²) in [6.07, 6.45) is 0.111. The maximum Gasteiger partial charge on any atom is 0.248 e. The van der Waals surface area contributed by atoms with Crippen LogP contribution in [-0.2, 0) is 36.0 Å². The van der Waals surface area contributed by atoms with Crippen molar-refractivity contribution in [1.82, 2.24) is 4.90 Å². The molecule has 5 aromatic rings. The van der Waals surface area contributed by atoms with Crippen molar-refractivity contribution >= 4 is 46.6 Å². The Balaban J connectivity index is 1.11. The predicted molar refractivity (Wildman–Crippen MR) is 199 cm³/mol. The molecular formula is C43H36Cl2N2O4. The summed E-state index contributed by atoms with van der Waals surface area (Å²) in [6.45, 7) is 6.48. The Labute approximate surface area is 307 Å². The van der Waals surface area contributed by atoms with Crippen LogP contribution in [0.2, 0.25) is 0 Å². The number of benzene rings is 5. The highest BCUT2D eigenvalue weighted by Gasteiger charge is 2.73. The van der Waals surface area contributed by atoms with Crippen molar-refractivity contribution in [2.24, 2.45) is 11.8 Å². The van der Waals surface area contributed by atoms with E-state index >= 15 is 0 Å². The highest BCUT2D eigenvalue weighted by Crippen LogP contribution is 2.69. The summed E-state index contributed by atoms with van der Waals surface area (Å²) in [5, 5.41) is 2.96. The molecular weight excluding hydrogens is 679 g/mol. The summed E-state index contributed by atoms with van der Waals surface area (Å²) in [5.74, 6) is -2.23. The largest absolute Gasteiger partial charge is 0.457 e. The molecule has 3 aliphatic carbocycles. The fourth-order valence-electron chi connectivity index (χ4n) is 8.13. The lowest BCUT2D eigenvalue weighted by atomic mass is 9.54. The first-order valence-electron chi connectivity index (χ1n) is 17.1. The second-order valence-electron chi connectivity index (χ2n) is 14.6. The number of carbonyl (C=O) groups is 3. The zero-order chi connectivity index (χ0) is 35.7. The normalized spacial score (nSPS) is 23.7. The summed E-state index contributed by atoms with van der Waals surface area (Å²) in [4.78, 5) is 42.3. The summed E-state index contributed by atoms with van der Waals surface area (Å²) in [6, 6.07) is 38.2. The van der Waals surface area contributed by atoms with Gasteiger partial charge in [-0.25, -0.2) is 0 Å². The molecule has 8 heteroatoms. The number of hydrogen-bond acceptors (Lipinski definition) is 4. The van der Waals surface area contributed by atoms with E-state index in [1.54, 1.807) is 24.3 Å². The van der Waals surface area contributed by atoms with Crippen LogP contribution >= 0.6 is 23.2 Å². The molecule has 3 amide bonds. The first kappa shape index (κ1) is 33.2. The molecule has 0 aromatic heterocycles. The maximum absolute atomic E-state index is 14.8. The molecule has 2 bridgehead atoms. The number of amides is 3. The molecule has 4 aliphatic rings. The molecule has 51 heavy (non-hydrogen) atoms. The van der Waals surface area contributed by atoms with Crippen molar-refractivity contribution in [3.8, 4) is 11.5 Å². The van der Waals surface area contributed by atoms with Gasteiger partial charge in [0, 0.05) is 12.1 Å². The van der Waals surface area contributed by atoms with E-state index in [2.05, 4.69) is 38.2 Å². The third kappa shape index (κ3) is 5.18. The number of likely N-dealkylation sites (tertiary alicyclic amines) is 1. The van der Waals surface area contributed by atoms with Crippen LogP contribution in [0.1, 0.15) is 54.2 Å². The first-order valence-corrected chi connectivity index (χ1v) is 17.9. The molecule has 1 fully saturated rings.